The Morgan fingerprint density at radius 3 is 2.69 bits per heavy atom. The smallest absolute Gasteiger partial charge is 0.144 e. The van der Waals surface area contributed by atoms with Crippen molar-refractivity contribution in [1.29, 1.82) is 0 Å². The summed E-state index contributed by atoms with van der Waals surface area (Å²) in [6, 6.07) is 21.1. The quantitative estimate of drug-likeness (QED) is 0.455. The first-order valence-electron chi connectivity index (χ1n) is 9.64. The SMILES string of the molecule is COc1cc(-c2ccc[nH]2)[nH]c1C=C1N=CC=C1Cc1ccc2ccccc2c1. The van der Waals surface area contributed by atoms with Crippen LogP contribution in [0.4, 0.5) is 0 Å². The molecule has 2 aromatic heterocycles. The number of H-pyrrole nitrogens is 2. The van der Waals surface area contributed by atoms with E-state index < -0.39 is 0 Å². The van der Waals surface area contributed by atoms with E-state index in [1.807, 2.05) is 30.6 Å². The Kier molecular flexibility index (Phi) is 4.37. The lowest BCUT2D eigenvalue weighted by Crippen LogP contribution is -1.92. The Morgan fingerprint density at radius 2 is 1.86 bits per heavy atom. The Balaban J connectivity index is 1.44. The van der Waals surface area contributed by atoms with E-state index >= 15 is 0 Å². The molecular weight excluding hydrogens is 358 g/mol. The van der Waals surface area contributed by atoms with Gasteiger partial charge in [-0.2, -0.15) is 0 Å². The van der Waals surface area contributed by atoms with E-state index in [2.05, 4.69) is 69.6 Å². The summed E-state index contributed by atoms with van der Waals surface area (Å²) in [6.07, 6.45) is 8.75. The van der Waals surface area contributed by atoms with Crippen molar-refractivity contribution in [2.75, 3.05) is 7.11 Å². The summed E-state index contributed by atoms with van der Waals surface area (Å²) in [7, 11) is 1.69. The maximum Gasteiger partial charge on any atom is 0.144 e. The van der Waals surface area contributed by atoms with E-state index in [1.54, 1.807) is 7.11 Å². The number of aromatic nitrogens is 2. The molecule has 0 aliphatic carbocycles. The Labute approximate surface area is 169 Å². The van der Waals surface area contributed by atoms with Crippen molar-refractivity contribution in [1.82, 2.24) is 9.97 Å². The molecule has 2 aromatic carbocycles. The molecule has 4 nitrogen and oxygen atoms in total. The zero-order valence-electron chi connectivity index (χ0n) is 16.1. The monoisotopic (exact) mass is 379 g/mol. The number of benzene rings is 2. The fraction of sp³-hybridized carbons (Fsp3) is 0.0800. The van der Waals surface area contributed by atoms with Gasteiger partial charge in [-0.25, -0.2) is 0 Å². The number of rotatable bonds is 5. The largest absolute Gasteiger partial charge is 0.494 e. The van der Waals surface area contributed by atoms with Crippen LogP contribution in [0.25, 0.3) is 28.2 Å². The zero-order chi connectivity index (χ0) is 19.6. The second kappa shape index (κ2) is 7.32. The van der Waals surface area contributed by atoms with Gasteiger partial charge >= 0.3 is 0 Å². The maximum absolute atomic E-state index is 5.58. The third kappa shape index (κ3) is 3.41. The van der Waals surface area contributed by atoms with Crippen LogP contribution in [0.15, 0.2) is 89.2 Å². The van der Waals surface area contributed by atoms with Crippen molar-refractivity contribution in [2.45, 2.75) is 6.42 Å². The van der Waals surface area contributed by atoms with Gasteiger partial charge in [0.1, 0.15) is 5.75 Å². The van der Waals surface area contributed by atoms with E-state index in [1.165, 1.54) is 21.9 Å². The first kappa shape index (κ1) is 17.3. The molecule has 0 saturated heterocycles. The first-order chi connectivity index (χ1) is 14.3. The minimum absolute atomic E-state index is 0.800. The molecule has 0 unspecified atom stereocenters. The maximum atomic E-state index is 5.58. The molecule has 0 fully saturated rings. The lowest BCUT2D eigenvalue weighted by Gasteiger charge is -2.07. The molecule has 29 heavy (non-hydrogen) atoms. The zero-order valence-corrected chi connectivity index (χ0v) is 16.1. The predicted molar refractivity (Wildman–Crippen MR) is 119 cm³/mol. The molecule has 0 saturated carbocycles. The Bertz CT molecular complexity index is 1260. The molecule has 0 radical (unpaired) electrons. The van der Waals surface area contributed by atoms with Crippen LogP contribution in [0.2, 0.25) is 0 Å². The van der Waals surface area contributed by atoms with Crippen LogP contribution in [0.1, 0.15) is 11.3 Å². The van der Waals surface area contributed by atoms with Crippen LogP contribution < -0.4 is 4.74 Å². The predicted octanol–water partition coefficient (Wildman–Crippen LogP) is 5.77. The third-order valence-electron chi connectivity index (χ3n) is 5.23. The van der Waals surface area contributed by atoms with Crippen LogP contribution >= 0.6 is 0 Å². The summed E-state index contributed by atoms with van der Waals surface area (Å²) in [4.78, 5) is 11.2. The minimum atomic E-state index is 0.800. The topological polar surface area (TPSA) is 53.2 Å². The lowest BCUT2D eigenvalue weighted by molar-refractivity contribution is 0.414. The number of aliphatic imine (C=N–C) groups is 1. The van der Waals surface area contributed by atoms with Crippen molar-refractivity contribution >= 4 is 23.1 Å². The number of fused-ring (bicyclic) bond motifs is 1. The van der Waals surface area contributed by atoms with E-state index in [0.29, 0.717) is 0 Å². The van der Waals surface area contributed by atoms with Crippen molar-refractivity contribution < 1.29 is 4.74 Å². The Hall–Kier alpha value is -3.79. The van der Waals surface area contributed by atoms with Gasteiger partial charge in [0, 0.05) is 18.5 Å². The molecule has 0 spiro atoms. The van der Waals surface area contributed by atoms with Crippen molar-refractivity contribution in [3.8, 4) is 17.1 Å². The molecule has 142 valence electrons. The van der Waals surface area contributed by atoms with Crippen LogP contribution in [-0.4, -0.2) is 23.3 Å². The number of ether oxygens (including phenoxy) is 1. The van der Waals surface area contributed by atoms with Gasteiger partial charge in [0.15, 0.2) is 0 Å². The molecule has 0 bridgehead atoms. The molecule has 5 rings (SSSR count). The average Bonchev–Trinajstić information content (AvgIpc) is 3.50. The van der Waals surface area contributed by atoms with Crippen molar-refractivity contribution in [2.24, 2.45) is 4.99 Å². The number of nitrogens with one attached hydrogen (secondary N) is 2. The summed E-state index contributed by atoms with van der Waals surface area (Å²) in [5, 5.41) is 2.52. The molecule has 3 heterocycles. The van der Waals surface area contributed by atoms with Crippen LogP contribution in [0.3, 0.4) is 0 Å². The van der Waals surface area contributed by atoms with E-state index in [0.717, 1.165) is 34.9 Å². The fourth-order valence-corrected chi connectivity index (χ4v) is 3.73. The van der Waals surface area contributed by atoms with Gasteiger partial charge < -0.3 is 14.7 Å². The van der Waals surface area contributed by atoms with Crippen LogP contribution in [-0.2, 0) is 6.42 Å². The molecule has 0 atom stereocenters. The fourth-order valence-electron chi connectivity index (χ4n) is 3.73. The molecular formula is C25H21N3O. The summed E-state index contributed by atoms with van der Waals surface area (Å²) < 4.78 is 5.58. The van der Waals surface area contributed by atoms with Gasteiger partial charge in [0.05, 0.1) is 29.9 Å². The van der Waals surface area contributed by atoms with Gasteiger partial charge in [0.25, 0.3) is 0 Å². The minimum Gasteiger partial charge on any atom is -0.494 e. The third-order valence-corrected chi connectivity index (χ3v) is 5.23. The molecule has 1 aliphatic heterocycles. The van der Waals surface area contributed by atoms with Gasteiger partial charge in [-0.15, -0.1) is 0 Å². The summed E-state index contributed by atoms with van der Waals surface area (Å²) in [5.74, 6) is 0.800. The molecule has 1 aliphatic rings. The number of methoxy groups -OCH3 is 1. The highest BCUT2D eigenvalue weighted by molar-refractivity contribution is 5.85. The summed E-state index contributed by atoms with van der Waals surface area (Å²) in [5.41, 5.74) is 6.35. The molecule has 4 aromatic rings. The van der Waals surface area contributed by atoms with Crippen LogP contribution in [0.5, 0.6) is 5.75 Å². The number of nitrogens with zero attached hydrogens (tertiary/aromatic N) is 1. The number of aromatic amines is 2. The van der Waals surface area contributed by atoms with E-state index in [9.17, 15) is 0 Å². The van der Waals surface area contributed by atoms with Gasteiger partial charge in [-0.1, -0.05) is 42.5 Å². The van der Waals surface area contributed by atoms with Crippen LogP contribution in [0, 0.1) is 0 Å². The van der Waals surface area contributed by atoms with Crippen molar-refractivity contribution in [3.05, 3.63) is 95.5 Å². The highest BCUT2D eigenvalue weighted by Gasteiger charge is 2.14. The highest BCUT2D eigenvalue weighted by atomic mass is 16.5. The molecule has 4 heteroatoms. The van der Waals surface area contributed by atoms with Crippen molar-refractivity contribution in [3.63, 3.8) is 0 Å². The molecule has 2 N–H and O–H groups in total. The number of allylic oxidation sites excluding steroid dienone is 2. The standard InChI is InChI=1S/C25H21N3O/c1-29-25-16-23(21-7-4-11-26-21)28-24(25)15-22-20(10-12-27-22)14-17-8-9-18-5-2-3-6-19(18)13-17/h2-13,15-16,26,28H,14H2,1H3. The van der Waals surface area contributed by atoms with Gasteiger partial charge in [0.2, 0.25) is 0 Å². The summed E-state index contributed by atoms with van der Waals surface area (Å²) in [6.45, 7) is 0. The Morgan fingerprint density at radius 1 is 0.966 bits per heavy atom. The van der Waals surface area contributed by atoms with Gasteiger partial charge in [-0.05, 0) is 52.6 Å². The number of hydrogen-bond acceptors (Lipinski definition) is 2. The number of hydrogen-bond donors (Lipinski definition) is 2. The van der Waals surface area contributed by atoms with E-state index in [4.69, 9.17) is 4.74 Å². The highest BCUT2D eigenvalue weighted by Crippen LogP contribution is 2.31. The lowest BCUT2D eigenvalue weighted by atomic mass is 10.00. The van der Waals surface area contributed by atoms with Gasteiger partial charge in [-0.3, -0.25) is 4.99 Å². The average molecular weight is 379 g/mol. The second-order valence-electron chi connectivity index (χ2n) is 7.11. The normalized spacial score (nSPS) is 14.7. The van der Waals surface area contributed by atoms with E-state index in [-0.39, 0.29) is 0 Å². The summed E-state index contributed by atoms with van der Waals surface area (Å²) >= 11 is 0. The first-order valence-corrected chi connectivity index (χ1v) is 9.64. The molecule has 0 amide bonds. The second-order valence-corrected chi connectivity index (χ2v) is 7.11.